The first kappa shape index (κ1) is 11.3. The molecule has 2 nitrogen and oxygen atoms in total. The number of aliphatic hydroxyl groups is 1. The lowest BCUT2D eigenvalue weighted by Gasteiger charge is -2.19. The Morgan fingerprint density at radius 2 is 1.88 bits per heavy atom. The van der Waals surface area contributed by atoms with Crippen LogP contribution in [-0.2, 0) is 5.54 Å². The number of hydrogen-bond donors (Lipinski definition) is 2. The minimum Gasteiger partial charge on any atom is -0.394 e. The van der Waals surface area contributed by atoms with Gasteiger partial charge in [0, 0.05) is 9.75 Å². The summed E-state index contributed by atoms with van der Waals surface area (Å²) in [7, 11) is 0. The van der Waals surface area contributed by atoms with Crippen LogP contribution in [0.4, 0.5) is 0 Å². The predicted octanol–water partition coefficient (Wildman–Crippen LogP) is 2.58. The van der Waals surface area contributed by atoms with Crippen LogP contribution in [0.5, 0.6) is 0 Å². The highest BCUT2D eigenvalue weighted by atomic mass is 32.1. The molecule has 0 saturated heterocycles. The van der Waals surface area contributed by atoms with Crippen LogP contribution in [0.1, 0.15) is 11.8 Å². The van der Waals surface area contributed by atoms with Crippen molar-refractivity contribution in [2.45, 2.75) is 12.5 Å². The highest BCUT2D eigenvalue weighted by molar-refractivity contribution is 7.15. The van der Waals surface area contributed by atoms with Gasteiger partial charge in [0.05, 0.1) is 12.1 Å². The summed E-state index contributed by atoms with van der Waals surface area (Å²) in [6.45, 7) is 1.80. The highest BCUT2D eigenvalue weighted by Crippen LogP contribution is 2.32. The molecule has 3 heteroatoms. The van der Waals surface area contributed by atoms with E-state index in [1.807, 2.05) is 31.2 Å². The molecule has 0 aliphatic carbocycles. The van der Waals surface area contributed by atoms with Crippen molar-refractivity contribution < 1.29 is 5.11 Å². The van der Waals surface area contributed by atoms with Crippen LogP contribution in [0, 0.1) is 0 Å². The van der Waals surface area contributed by atoms with E-state index in [4.69, 9.17) is 5.73 Å². The Bertz CT molecular complexity index is 462. The van der Waals surface area contributed by atoms with Gasteiger partial charge in [0.2, 0.25) is 0 Å². The van der Waals surface area contributed by atoms with E-state index < -0.39 is 5.54 Å². The van der Waals surface area contributed by atoms with Crippen molar-refractivity contribution in [1.82, 2.24) is 0 Å². The number of rotatable bonds is 3. The molecule has 1 atom stereocenters. The molecule has 0 radical (unpaired) electrons. The normalized spacial score (nSPS) is 14.7. The molecule has 0 saturated carbocycles. The Morgan fingerprint density at radius 3 is 2.50 bits per heavy atom. The number of hydrogen-bond acceptors (Lipinski definition) is 3. The van der Waals surface area contributed by atoms with Crippen molar-refractivity contribution in [3.05, 3.63) is 47.3 Å². The lowest BCUT2D eigenvalue weighted by Crippen LogP contribution is -2.35. The Labute approximate surface area is 99.4 Å². The first-order valence-electron chi connectivity index (χ1n) is 5.19. The SMILES string of the molecule is CC(N)(CO)c1ccc(-c2ccccc2)s1. The average Bonchev–Trinajstić information content (AvgIpc) is 2.80. The van der Waals surface area contributed by atoms with E-state index in [9.17, 15) is 5.11 Å². The van der Waals surface area contributed by atoms with Crippen LogP contribution in [-0.4, -0.2) is 11.7 Å². The van der Waals surface area contributed by atoms with Crippen molar-refractivity contribution in [2.75, 3.05) is 6.61 Å². The van der Waals surface area contributed by atoms with Crippen LogP contribution in [0.15, 0.2) is 42.5 Å². The van der Waals surface area contributed by atoms with Gasteiger partial charge >= 0.3 is 0 Å². The van der Waals surface area contributed by atoms with E-state index in [2.05, 4.69) is 18.2 Å². The molecule has 2 rings (SSSR count). The van der Waals surface area contributed by atoms with E-state index in [0.29, 0.717) is 0 Å². The van der Waals surface area contributed by atoms with E-state index >= 15 is 0 Å². The Morgan fingerprint density at radius 1 is 1.19 bits per heavy atom. The summed E-state index contributed by atoms with van der Waals surface area (Å²) in [5, 5.41) is 9.21. The fourth-order valence-electron chi connectivity index (χ4n) is 1.48. The number of benzene rings is 1. The highest BCUT2D eigenvalue weighted by Gasteiger charge is 2.22. The molecule has 0 fully saturated rings. The van der Waals surface area contributed by atoms with Gasteiger partial charge in [0.25, 0.3) is 0 Å². The predicted molar refractivity (Wildman–Crippen MR) is 68.4 cm³/mol. The molecule has 0 aliphatic rings. The summed E-state index contributed by atoms with van der Waals surface area (Å²) in [5.41, 5.74) is 6.54. The Balaban J connectivity index is 2.34. The molecule has 1 aromatic heterocycles. The maximum Gasteiger partial charge on any atom is 0.0709 e. The second-order valence-corrected chi connectivity index (χ2v) is 5.19. The molecule has 2 aromatic rings. The van der Waals surface area contributed by atoms with Gasteiger partial charge in [0.15, 0.2) is 0 Å². The van der Waals surface area contributed by atoms with Gasteiger partial charge in [-0.3, -0.25) is 0 Å². The minimum atomic E-state index is -0.641. The third kappa shape index (κ3) is 2.16. The first-order chi connectivity index (χ1) is 7.63. The smallest absolute Gasteiger partial charge is 0.0709 e. The monoisotopic (exact) mass is 233 g/mol. The number of nitrogens with two attached hydrogens (primary N) is 1. The molecule has 0 aliphatic heterocycles. The number of aliphatic hydroxyl groups excluding tert-OH is 1. The van der Waals surface area contributed by atoms with E-state index in [-0.39, 0.29) is 6.61 Å². The fraction of sp³-hybridized carbons (Fsp3) is 0.231. The Hall–Kier alpha value is -1.16. The van der Waals surface area contributed by atoms with Gasteiger partial charge in [-0.25, -0.2) is 0 Å². The van der Waals surface area contributed by atoms with E-state index in [1.165, 1.54) is 10.4 Å². The molecular weight excluding hydrogens is 218 g/mol. The molecular formula is C13H15NOS. The average molecular weight is 233 g/mol. The maximum atomic E-state index is 9.21. The zero-order chi connectivity index (χ0) is 11.6. The first-order valence-corrected chi connectivity index (χ1v) is 6.00. The molecule has 1 unspecified atom stereocenters. The fourth-order valence-corrected chi connectivity index (χ4v) is 2.54. The van der Waals surface area contributed by atoms with Crippen molar-refractivity contribution in [1.29, 1.82) is 0 Å². The van der Waals surface area contributed by atoms with Crippen molar-refractivity contribution >= 4 is 11.3 Å². The standard InChI is InChI=1S/C13H15NOS/c1-13(14,9-15)12-8-7-11(16-12)10-5-3-2-4-6-10/h2-8,15H,9,14H2,1H3. The molecule has 0 bridgehead atoms. The third-order valence-electron chi connectivity index (χ3n) is 2.56. The molecule has 16 heavy (non-hydrogen) atoms. The van der Waals surface area contributed by atoms with Crippen LogP contribution >= 0.6 is 11.3 Å². The summed E-state index contributed by atoms with van der Waals surface area (Å²) < 4.78 is 0. The van der Waals surface area contributed by atoms with Crippen molar-refractivity contribution in [2.24, 2.45) is 5.73 Å². The molecule has 3 N–H and O–H groups in total. The van der Waals surface area contributed by atoms with Gasteiger partial charge in [-0.05, 0) is 24.6 Å². The van der Waals surface area contributed by atoms with Crippen LogP contribution in [0.2, 0.25) is 0 Å². The summed E-state index contributed by atoms with van der Waals surface area (Å²) in [4.78, 5) is 2.19. The minimum absolute atomic E-state index is 0.0399. The topological polar surface area (TPSA) is 46.2 Å². The zero-order valence-corrected chi connectivity index (χ0v) is 10.00. The largest absolute Gasteiger partial charge is 0.394 e. The van der Waals surface area contributed by atoms with Crippen LogP contribution < -0.4 is 5.73 Å². The van der Waals surface area contributed by atoms with E-state index in [1.54, 1.807) is 11.3 Å². The van der Waals surface area contributed by atoms with Gasteiger partial charge in [-0.2, -0.15) is 0 Å². The van der Waals surface area contributed by atoms with Gasteiger partial charge in [0.1, 0.15) is 0 Å². The molecule has 0 amide bonds. The van der Waals surface area contributed by atoms with Crippen molar-refractivity contribution in [3.8, 4) is 10.4 Å². The van der Waals surface area contributed by atoms with E-state index in [0.717, 1.165) is 4.88 Å². The molecule has 1 aromatic carbocycles. The van der Waals surface area contributed by atoms with Crippen LogP contribution in [0.3, 0.4) is 0 Å². The van der Waals surface area contributed by atoms with Gasteiger partial charge < -0.3 is 10.8 Å². The second kappa shape index (κ2) is 4.37. The lowest BCUT2D eigenvalue weighted by molar-refractivity contribution is 0.212. The summed E-state index contributed by atoms with van der Waals surface area (Å²) in [5.74, 6) is 0. The summed E-state index contributed by atoms with van der Waals surface area (Å²) >= 11 is 1.63. The zero-order valence-electron chi connectivity index (χ0n) is 9.18. The van der Waals surface area contributed by atoms with Gasteiger partial charge in [-0.1, -0.05) is 30.3 Å². The molecule has 0 spiro atoms. The van der Waals surface area contributed by atoms with Gasteiger partial charge in [-0.15, -0.1) is 11.3 Å². The molecule has 84 valence electrons. The maximum absolute atomic E-state index is 9.21. The quantitative estimate of drug-likeness (QED) is 0.856. The summed E-state index contributed by atoms with van der Waals surface area (Å²) in [6.07, 6.45) is 0. The second-order valence-electron chi connectivity index (χ2n) is 4.11. The molecule has 1 heterocycles. The lowest BCUT2D eigenvalue weighted by atomic mass is 10.0. The van der Waals surface area contributed by atoms with Crippen molar-refractivity contribution in [3.63, 3.8) is 0 Å². The number of thiophene rings is 1. The Kier molecular flexibility index (Phi) is 3.10. The third-order valence-corrected chi connectivity index (χ3v) is 3.97. The van der Waals surface area contributed by atoms with Crippen LogP contribution in [0.25, 0.3) is 10.4 Å². The summed E-state index contributed by atoms with van der Waals surface area (Å²) in [6, 6.07) is 14.2.